The molecule has 0 spiro atoms. The number of aromatic nitrogens is 2. The summed E-state index contributed by atoms with van der Waals surface area (Å²) in [5.74, 6) is 0. The van der Waals surface area contributed by atoms with Crippen LogP contribution in [-0.2, 0) is 0 Å². The number of anilines is 1. The molecule has 118 valence electrons. The number of hydrogen-bond donors (Lipinski definition) is 2. The zero-order chi connectivity index (χ0) is 16.4. The summed E-state index contributed by atoms with van der Waals surface area (Å²) in [6.45, 7) is 11.0. The van der Waals surface area contributed by atoms with Gasteiger partial charge in [0.1, 0.15) is 6.33 Å². The number of benzene rings is 1. The maximum atomic E-state index is 5.44. The molecular formula is C17H24N4S. The lowest BCUT2D eigenvalue weighted by atomic mass is 9.82. The molecule has 0 amide bonds. The summed E-state index contributed by atoms with van der Waals surface area (Å²) >= 11 is 5.44. The van der Waals surface area contributed by atoms with Crippen molar-refractivity contribution in [1.82, 2.24) is 15.3 Å². The van der Waals surface area contributed by atoms with Crippen LogP contribution in [0.5, 0.6) is 0 Å². The summed E-state index contributed by atoms with van der Waals surface area (Å²) in [4.78, 5) is 8.26. The van der Waals surface area contributed by atoms with Crippen LogP contribution in [-0.4, -0.2) is 20.6 Å². The molecule has 22 heavy (non-hydrogen) atoms. The highest BCUT2D eigenvalue weighted by Crippen LogP contribution is 2.27. The van der Waals surface area contributed by atoms with E-state index in [1.807, 2.05) is 18.2 Å². The van der Waals surface area contributed by atoms with Crippen molar-refractivity contribution < 1.29 is 0 Å². The second kappa shape index (κ2) is 6.16. The molecule has 0 fully saturated rings. The lowest BCUT2D eigenvalue weighted by molar-refractivity contribution is 0.268. The molecule has 0 aliphatic heterocycles. The van der Waals surface area contributed by atoms with Gasteiger partial charge in [-0.05, 0) is 56.1 Å². The van der Waals surface area contributed by atoms with Crippen molar-refractivity contribution in [2.45, 2.75) is 46.6 Å². The Morgan fingerprint density at radius 3 is 2.59 bits per heavy atom. The first-order valence-corrected chi connectivity index (χ1v) is 7.84. The van der Waals surface area contributed by atoms with Gasteiger partial charge in [-0.25, -0.2) is 9.97 Å². The number of thiocarbonyl (C=S) groups is 1. The lowest BCUT2D eigenvalue weighted by Gasteiger charge is -2.34. The van der Waals surface area contributed by atoms with Gasteiger partial charge >= 0.3 is 0 Å². The van der Waals surface area contributed by atoms with Gasteiger partial charge in [0.15, 0.2) is 5.11 Å². The second-order valence-corrected chi connectivity index (χ2v) is 7.91. The average Bonchev–Trinajstić information content (AvgIpc) is 2.34. The highest BCUT2D eigenvalue weighted by molar-refractivity contribution is 7.80. The Balaban J connectivity index is 2.04. The van der Waals surface area contributed by atoms with E-state index in [0.717, 1.165) is 23.0 Å². The highest BCUT2D eigenvalue weighted by atomic mass is 32.1. The second-order valence-electron chi connectivity index (χ2n) is 7.50. The van der Waals surface area contributed by atoms with E-state index in [9.17, 15) is 0 Å². The molecule has 0 aliphatic rings. The van der Waals surface area contributed by atoms with Gasteiger partial charge in [-0.1, -0.05) is 20.8 Å². The van der Waals surface area contributed by atoms with Gasteiger partial charge in [0, 0.05) is 22.8 Å². The van der Waals surface area contributed by atoms with E-state index in [2.05, 4.69) is 55.2 Å². The quantitative estimate of drug-likeness (QED) is 0.834. The number of hydrogen-bond acceptors (Lipinski definition) is 3. The van der Waals surface area contributed by atoms with Crippen molar-refractivity contribution in [3.8, 4) is 0 Å². The Labute approximate surface area is 137 Å². The SMILES string of the molecule is CC(C)(C)CC(C)(C)NC(=S)Nc1ccc2ncncc2c1. The van der Waals surface area contributed by atoms with Crippen LogP contribution >= 0.6 is 12.2 Å². The average molecular weight is 316 g/mol. The molecule has 2 N–H and O–H groups in total. The first-order chi connectivity index (χ1) is 10.1. The van der Waals surface area contributed by atoms with Gasteiger partial charge in [-0.2, -0.15) is 0 Å². The van der Waals surface area contributed by atoms with Crippen LogP contribution in [0.25, 0.3) is 10.9 Å². The third-order valence-corrected chi connectivity index (χ3v) is 3.39. The molecule has 0 unspecified atom stereocenters. The summed E-state index contributed by atoms with van der Waals surface area (Å²) in [5, 5.41) is 8.26. The van der Waals surface area contributed by atoms with Crippen LogP contribution in [0.3, 0.4) is 0 Å². The normalized spacial score (nSPS) is 12.2. The molecule has 5 heteroatoms. The Kier molecular flexibility index (Phi) is 4.66. The van der Waals surface area contributed by atoms with Gasteiger partial charge < -0.3 is 10.6 Å². The zero-order valence-corrected chi connectivity index (χ0v) is 14.7. The van der Waals surface area contributed by atoms with Gasteiger partial charge in [0.25, 0.3) is 0 Å². The molecule has 0 bridgehead atoms. The Morgan fingerprint density at radius 1 is 1.18 bits per heavy atom. The van der Waals surface area contributed by atoms with E-state index in [-0.39, 0.29) is 11.0 Å². The Hall–Kier alpha value is -1.75. The minimum absolute atomic E-state index is 0.0672. The molecule has 2 aromatic rings. The fourth-order valence-corrected chi connectivity index (χ4v) is 3.30. The lowest BCUT2D eigenvalue weighted by Crippen LogP contribution is -2.47. The molecule has 1 aromatic carbocycles. The fraction of sp³-hybridized carbons (Fsp3) is 0.471. The summed E-state index contributed by atoms with van der Waals surface area (Å²) < 4.78 is 0. The van der Waals surface area contributed by atoms with Crippen molar-refractivity contribution in [3.05, 3.63) is 30.7 Å². The van der Waals surface area contributed by atoms with Crippen LogP contribution in [0.15, 0.2) is 30.7 Å². The van der Waals surface area contributed by atoms with E-state index < -0.39 is 0 Å². The number of nitrogens with zero attached hydrogens (tertiary/aromatic N) is 2. The van der Waals surface area contributed by atoms with Gasteiger partial charge in [0.05, 0.1) is 5.52 Å². The van der Waals surface area contributed by atoms with Crippen LogP contribution in [0.1, 0.15) is 41.0 Å². The standard InChI is InChI=1S/C17H24N4S/c1-16(2,3)10-17(4,5)21-15(22)20-13-6-7-14-12(8-13)9-18-11-19-14/h6-9,11H,10H2,1-5H3,(H2,20,21,22). The third-order valence-electron chi connectivity index (χ3n) is 3.19. The predicted octanol–water partition coefficient (Wildman–Crippen LogP) is 4.13. The number of nitrogens with one attached hydrogen (secondary N) is 2. The zero-order valence-electron chi connectivity index (χ0n) is 13.9. The van der Waals surface area contributed by atoms with Crippen molar-refractivity contribution in [1.29, 1.82) is 0 Å². The first kappa shape index (κ1) is 16.6. The van der Waals surface area contributed by atoms with E-state index >= 15 is 0 Å². The Bertz CT molecular complexity index is 674. The molecule has 0 saturated carbocycles. The fourth-order valence-electron chi connectivity index (χ4n) is 2.90. The highest BCUT2D eigenvalue weighted by Gasteiger charge is 2.25. The summed E-state index contributed by atoms with van der Waals surface area (Å²) in [6, 6.07) is 5.93. The molecular weight excluding hydrogens is 292 g/mol. The first-order valence-electron chi connectivity index (χ1n) is 7.44. The minimum Gasteiger partial charge on any atom is -0.358 e. The predicted molar refractivity (Wildman–Crippen MR) is 97.0 cm³/mol. The smallest absolute Gasteiger partial charge is 0.171 e. The molecule has 0 radical (unpaired) electrons. The summed E-state index contributed by atoms with van der Waals surface area (Å²) in [5.41, 5.74) is 2.04. The maximum absolute atomic E-state index is 5.44. The van der Waals surface area contributed by atoms with E-state index in [1.165, 1.54) is 0 Å². The molecule has 0 aliphatic carbocycles. The van der Waals surface area contributed by atoms with E-state index in [4.69, 9.17) is 12.2 Å². The van der Waals surface area contributed by atoms with Crippen molar-refractivity contribution in [3.63, 3.8) is 0 Å². The number of rotatable bonds is 3. The molecule has 0 atom stereocenters. The monoisotopic (exact) mass is 316 g/mol. The third kappa shape index (κ3) is 4.91. The van der Waals surface area contributed by atoms with Crippen molar-refractivity contribution in [2.24, 2.45) is 5.41 Å². The van der Waals surface area contributed by atoms with Crippen molar-refractivity contribution in [2.75, 3.05) is 5.32 Å². The van der Waals surface area contributed by atoms with E-state index in [1.54, 1.807) is 12.5 Å². The molecule has 1 aromatic heterocycles. The maximum Gasteiger partial charge on any atom is 0.171 e. The van der Waals surface area contributed by atoms with E-state index in [0.29, 0.717) is 5.11 Å². The van der Waals surface area contributed by atoms with Crippen molar-refractivity contribution >= 4 is 33.9 Å². The topological polar surface area (TPSA) is 49.8 Å². The van der Waals surface area contributed by atoms with Gasteiger partial charge in [0.2, 0.25) is 0 Å². The summed E-state index contributed by atoms with van der Waals surface area (Å²) in [6.07, 6.45) is 4.37. The number of fused-ring (bicyclic) bond motifs is 1. The minimum atomic E-state index is -0.0672. The van der Waals surface area contributed by atoms with Crippen LogP contribution in [0.4, 0.5) is 5.69 Å². The molecule has 0 saturated heterocycles. The van der Waals surface area contributed by atoms with Gasteiger partial charge in [-0.3, -0.25) is 0 Å². The summed E-state index contributed by atoms with van der Waals surface area (Å²) in [7, 11) is 0. The molecule has 2 rings (SSSR count). The molecule has 1 heterocycles. The Morgan fingerprint density at radius 2 is 1.91 bits per heavy atom. The largest absolute Gasteiger partial charge is 0.358 e. The van der Waals surface area contributed by atoms with Crippen LogP contribution in [0, 0.1) is 5.41 Å². The van der Waals surface area contributed by atoms with Gasteiger partial charge in [-0.15, -0.1) is 0 Å². The van der Waals surface area contributed by atoms with Crippen LogP contribution < -0.4 is 10.6 Å². The molecule has 4 nitrogen and oxygen atoms in total. The van der Waals surface area contributed by atoms with Crippen LogP contribution in [0.2, 0.25) is 0 Å².